The van der Waals surface area contributed by atoms with Gasteiger partial charge in [-0.2, -0.15) is 0 Å². The lowest BCUT2D eigenvalue weighted by Crippen LogP contribution is -2.46. The van der Waals surface area contributed by atoms with Crippen LogP contribution in [0, 0.1) is 5.82 Å². The molecule has 1 aliphatic rings. The Hall–Kier alpha value is -2.65. The van der Waals surface area contributed by atoms with Crippen LogP contribution < -0.4 is 15.5 Å². The van der Waals surface area contributed by atoms with Gasteiger partial charge in [0.05, 0.1) is 16.6 Å². The lowest BCUT2D eigenvalue weighted by atomic mass is 10.0. The van der Waals surface area contributed by atoms with Crippen LogP contribution in [0.3, 0.4) is 0 Å². The maximum atomic E-state index is 14.0. The van der Waals surface area contributed by atoms with Crippen LogP contribution in [0.1, 0.15) is 25.5 Å². The van der Waals surface area contributed by atoms with E-state index in [1.807, 2.05) is 0 Å². The number of nitrogens with one attached hydrogen (secondary N) is 2. The second-order valence-corrected chi connectivity index (χ2v) is 9.70. The zero-order valence-corrected chi connectivity index (χ0v) is 18.9. The van der Waals surface area contributed by atoms with E-state index in [1.165, 1.54) is 24.3 Å². The molecule has 2 aromatic carbocycles. The van der Waals surface area contributed by atoms with Gasteiger partial charge in [-0.05, 0) is 43.8 Å². The van der Waals surface area contributed by atoms with Gasteiger partial charge in [0.1, 0.15) is 5.82 Å². The number of rotatable bonds is 6. The Balaban J connectivity index is 1.76. The van der Waals surface area contributed by atoms with E-state index in [4.69, 9.17) is 0 Å². The molecule has 0 bridgehead atoms. The summed E-state index contributed by atoms with van der Waals surface area (Å²) in [6.45, 7) is 8.42. The van der Waals surface area contributed by atoms with Crippen molar-refractivity contribution in [1.29, 1.82) is 0 Å². The molecule has 1 saturated heterocycles. The van der Waals surface area contributed by atoms with Gasteiger partial charge in [-0.25, -0.2) is 17.6 Å². The summed E-state index contributed by atoms with van der Waals surface area (Å²) < 4.78 is 38.0. The van der Waals surface area contributed by atoms with Crippen molar-refractivity contribution in [1.82, 2.24) is 10.2 Å². The summed E-state index contributed by atoms with van der Waals surface area (Å²) in [5.74, 6) is -0.373. The fourth-order valence-electron chi connectivity index (χ4n) is 3.79. The van der Waals surface area contributed by atoms with Crippen LogP contribution in [-0.4, -0.2) is 58.3 Å². The minimum Gasteiger partial charge on any atom is -0.369 e. The highest BCUT2D eigenvalue weighted by molar-refractivity contribution is 7.90. The molecule has 0 spiro atoms. The largest absolute Gasteiger partial charge is 0.369 e. The number of urea groups is 1. The number of sulfone groups is 1. The molecule has 0 radical (unpaired) electrons. The van der Waals surface area contributed by atoms with Crippen molar-refractivity contribution in [3.63, 3.8) is 0 Å². The van der Waals surface area contributed by atoms with E-state index in [1.54, 1.807) is 25.1 Å². The first-order valence-electron chi connectivity index (χ1n) is 10.3. The fraction of sp³-hybridized carbons (Fsp3) is 0.409. The highest BCUT2D eigenvalue weighted by atomic mass is 32.2. The van der Waals surface area contributed by atoms with Gasteiger partial charge in [0, 0.05) is 43.7 Å². The number of amides is 2. The number of benzene rings is 2. The number of carbonyl (C=O) groups excluding carboxylic acids is 1. The number of nitrogens with zero attached hydrogens (tertiary/aromatic N) is 2. The number of hydrogen-bond donors (Lipinski definition) is 2. The van der Waals surface area contributed by atoms with Gasteiger partial charge in [-0.3, -0.25) is 0 Å². The van der Waals surface area contributed by atoms with Crippen molar-refractivity contribution >= 4 is 27.2 Å². The van der Waals surface area contributed by atoms with Crippen LogP contribution in [0.15, 0.2) is 47.4 Å². The first kappa shape index (κ1) is 23.0. The molecule has 1 fully saturated rings. The normalized spacial score (nSPS) is 16.1. The van der Waals surface area contributed by atoms with Crippen molar-refractivity contribution in [3.8, 4) is 0 Å². The highest BCUT2D eigenvalue weighted by Gasteiger charge is 2.22. The van der Waals surface area contributed by atoms with Crippen molar-refractivity contribution in [3.05, 3.63) is 53.8 Å². The summed E-state index contributed by atoms with van der Waals surface area (Å²) in [7, 11) is -3.50. The van der Waals surface area contributed by atoms with Gasteiger partial charge < -0.3 is 20.4 Å². The van der Waals surface area contributed by atoms with Gasteiger partial charge in [-0.1, -0.05) is 19.1 Å². The van der Waals surface area contributed by atoms with E-state index in [0.717, 1.165) is 44.7 Å². The molecular weight excluding hydrogens is 419 g/mol. The zero-order chi connectivity index (χ0) is 22.6. The zero-order valence-electron chi connectivity index (χ0n) is 18.1. The first-order chi connectivity index (χ1) is 14.7. The third-order valence-electron chi connectivity index (χ3n) is 5.50. The van der Waals surface area contributed by atoms with E-state index in [-0.39, 0.29) is 16.4 Å². The van der Waals surface area contributed by atoms with Crippen LogP contribution in [0.5, 0.6) is 0 Å². The van der Waals surface area contributed by atoms with Gasteiger partial charge in [0.25, 0.3) is 0 Å². The molecule has 1 aliphatic heterocycles. The van der Waals surface area contributed by atoms with Crippen LogP contribution in [0.25, 0.3) is 0 Å². The van der Waals surface area contributed by atoms with E-state index in [2.05, 4.69) is 27.4 Å². The first-order valence-corrected chi connectivity index (χ1v) is 12.2. The van der Waals surface area contributed by atoms with Gasteiger partial charge >= 0.3 is 6.03 Å². The maximum Gasteiger partial charge on any atom is 0.319 e. The minimum absolute atomic E-state index is 0.0399. The molecule has 0 saturated carbocycles. The van der Waals surface area contributed by atoms with Gasteiger partial charge in [0.15, 0.2) is 9.84 Å². The van der Waals surface area contributed by atoms with Crippen LogP contribution in [-0.2, 0) is 9.84 Å². The average Bonchev–Trinajstić information content (AvgIpc) is 2.73. The van der Waals surface area contributed by atoms with E-state index in [9.17, 15) is 17.6 Å². The SMILES string of the molecule is CCN1CCN(c2ccc(F)cc2C(C)NC(=O)Nc2ccccc2S(C)(=O)=O)CC1. The lowest BCUT2D eigenvalue weighted by molar-refractivity contribution is 0.249. The van der Waals surface area contributed by atoms with Gasteiger partial charge in [-0.15, -0.1) is 0 Å². The molecule has 0 aromatic heterocycles. The Kier molecular flexibility index (Phi) is 7.17. The number of anilines is 2. The third-order valence-corrected chi connectivity index (χ3v) is 6.65. The van der Waals surface area contributed by atoms with E-state index < -0.39 is 21.9 Å². The Morgan fingerprint density at radius 2 is 1.81 bits per heavy atom. The topological polar surface area (TPSA) is 81.8 Å². The Labute approximate surface area is 183 Å². The molecular formula is C22H29FN4O3S. The number of hydrogen-bond acceptors (Lipinski definition) is 5. The lowest BCUT2D eigenvalue weighted by Gasteiger charge is -2.37. The Morgan fingerprint density at radius 3 is 2.45 bits per heavy atom. The summed E-state index contributed by atoms with van der Waals surface area (Å²) in [5.41, 5.74) is 1.77. The molecule has 2 aromatic rings. The molecule has 7 nitrogen and oxygen atoms in total. The number of piperazine rings is 1. The quantitative estimate of drug-likeness (QED) is 0.709. The van der Waals surface area contributed by atoms with Crippen LogP contribution in [0.2, 0.25) is 0 Å². The molecule has 3 rings (SSSR count). The van der Waals surface area contributed by atoms with Crippen molar-refractivity contribution in [2.45, 2.75) is 24.8 Å². The minimum atomic E-state index is -3.50. The number of halogens is 1. The molecule has 9 heteroatoms. The predicted octanol–water partition coefficient (Wildman–Crippen LogP) is 3.25. The van der Waals surface area contributed by atoms with E-state index in [0.29, 0.717) is 5.56 Å². The molecule has 1 unspecified atom stereocenters. The molecule has 31 heavy (non-hydrogen) atoms. The summed E-state index contributed by atoms with van der Waals surface area (Å²) in [6.07, 6.45) is 1.09. The standard InChI is InChI=1S/C22H29FN4O3S/c1-4-26-11-13-27(14-12-26)20-10-9-17(23)15-18(20)16(2)24-22(28)25-19-7-5-6-8-21(19)31(3,29)30/h5-10,15-16H,4,11-14H2,1-3H3,(H2,24,25,28). The smallest absolute Gasteiger partial charge is 0.319 e. The van der Waals surface area contributed by atoms with E-state index >= 15 is 0 Å². The van der Waals surface area contributed by atoms with Crippen molar-refractivity contribution < 1.29 is 17.6 Å². The molecule has 168 valence electrons. The Bertz CT molecular complexity index is 1040. The number of likely N-dealkylation sites (N-methyl/N-ethyl adjacent to an activating group) is 1. The number of para-hydroxylation sites is 1. The maximum absolute atomic E-state index is 14.0. The highest BCUT2D eigenvalue weighted by Crippen LogP contribution is 2.29. The van der Waals surface area contributed by atoms with Crippen molar-refractivity contribution in [2.24, 2.45) is 0 Å². The fourth-order valence-corrected chi connectivity index (χ4v) is 4.64. The van der Waals surface area contributed by atoms with Crippen molar-refractivity contribution in [2.75, 3.05) is 49.2 Å². The molecule has 1 heterocycles. The second-order valence-electron chi connectivity index (χ2n) is 7.71. The monoisotopic (exact) mass is 448 g/mol. The summed E-state index contributed by atoms with van der Waals surface area (Å²) >= 11 is 0. The second kappa shape index (κ2) is 9.65. The summed E-state index contributed by atoms with van der Waals surface area (Å²) in [5, 5.41) is 5.40. The molecule has 2 N–H and O–H groups in total. The average molecular weight is 449 g/mol. The third kappa shape index (κ3) is 5.74. The molecule has 2 amide bonds. The van der Waals surface area contributed by atoms with Crippen LogP contribution >= 0.6 is 0 Å². The number of carbonyl (C=O) groups is 1. The Morgan fingerprint density at radius 1 is 1.13 bits per heavy atom. The summed E-state index contributed by atoms with van der Waals surface area (Å²) in [4.78, 5) is 17.2. The van der Waals surface area contributed by atoms with Crippen LogP contribution in [0.4, 0.5) is 20.6 Å². The predicted molar refractivity (Wildman–Crippen MR) is 121 cm³/mol. The van der Waals surface area contributed by atoms with Gasteiger partial charge in [0.2, 0.25) is 0 Å². The molecule has 0 aliphatic carbocycles. The summed E-state index contributed by atoms with van der Waals surface area (Å²) in [6, 6.07) is 9.79. The molecule has 1 atom stereocenters.